The van der Waals surface area contributed by atoms with Crippen LogP contribution in [-0.4, -0.2) is 37.2 Å². The second-order valence-electron chi connectivity index (χ2n) is 4.29. The number of halogens is 1. The molecule has 1 amide bonds. The summed E-state index contributed by atoms with van der Waals surface area (Å²) in [4.78, 5) is 13.7. The van der Waals surface area contributed by atoms with E-state index in [9.17, 15) is 13.2 Å². The fourth-order valence-corrected chi connectivity index (χ4v) is 5.27. The Labute approximate surface area is 115 Å². The summed E-state index contributed by atoms with van der Waals surface area (Å²) in [6, 6.07) is 3.17. The molecule has 18 heavy (non-hydrogen) atoms. The molecule has 0 saturated carbocycles. The van der Waals surface area contributed by atoms with Gasteiger partial charge in [0, 0.05) is 4.88 Å². The Morgan fingerprint density at radius 3 is 2.72 bits per heavy atom. The zero-order chi connectivity index (χ0) is 13.3. The number of thiophene rings is 1. The SMILES string of the molecule is CCc1ccc(C(=O)NC2CS(=O)(=O)CC2Cl)s1. The lowest BCUT2D eigenvalue weighted by Crippen LogP contribution is -2.40. The molecule has 1 fully saturated rings. The Balaban J connectivity index is 2.04. The van der Waals surface area contributed by atoms with Gasteiger partial charge in [0.1, 0.15) is 0 Å². The van der Waals surface area contributed by atoms with Crippen LogP contribution in [0.3, 0.4) is 0 Å². The minimum atomic E-state index is -3.12. The van der Waals surface area contributed by atoms with Gasteiger partial charge in [-0.2, -0.15) is 0 Å². The Kier molecular flexibility index (Phi) is 3.99. The van der Waals surface area contributed by atoms with Crippen molar-refractivity contribution < 1.29 is 13.2 Å². The van der Waals surface area contributed by atoms with Gasteiger partial charge in [0.15, 0.2) is 9.84 Å². The normalized spacial score (nSPS) is 26.1. The first-order valence-electron chi connectivity index (χ1n) is 5.65. The standard InChI is InChI=1S/C11H14ClNO3S2/c1-2-7-3-4-10(17-7)11(14)13-9-6-18(15,16)5-8(9)12/h3-4,8-9H,2,5-6H2,1H3,(H,13,14). The molecule has 0 radical (unpaired) electrons. The highest BCUT2D eigenvalue weighted by atomic mass is 35.5. The van der Waals surface area contributed by atoms with Crippen molar-refractivity contribution in [3.8, 4) is 0 Å². The van der Waals surface area contributed by atoms with Gasteiger partial charge in [-0.25, -0.2) is 8.42 Å². The molecule has 0 aliphatic carbocycles. The summed E-state index contributed by atoms with van der Waals surface area (Å²) < 4.78 is 22.8. The molecule has 1 N–H and O–H groups in total. The summed E-state index contributed by atoms with van der Waals surface area (Å²) in [5.74, 6) is -0.379. The molecular formula is C11H14ClNO3S2. The largest absolute Gasteiger partial charge is 0.346 e. The van der Waals surface area contributed by atoms with Gasteiger partial charge in [-0.1, -0.05) is 6.92 Å². The Morgan fingerprint density at radius 1 is 1.50 bits per heavy atom. The predicted octanol–water partition coefficient (Wildman–Crippen LogP) is 1.44. The lowest BCUT2D eigenvalue weighted by molar-refractivity contribution is 0.0945. The Morgan fingerprint density at radius 2 is 2.22 bits per heavy atom. The van der Waals surface area contributed by atoms with Crippen molar-refractivity contribution in [2.75, 3.05) is 11.5 Å². The van der Waals surface area contributed by atoms with Gasteiger partial charge in [-0.3, -0.25) is 4.79 Å². The van der Waals surface area contributed by atoms with Gasteiger partial charge >= 0.3 is 0 Å². The summed E-state index contributed by atoms with van der Waals surface area (Å²) in [5.41, 5.74) is 0. The van der Waals surface area contributed by atoms with Gasteiger partial charge in [-0.15, -0.1) is 22.9 Å². The summed E-state index contributed by atoms with van der Waals surface area (Å²) in [6.45, 7) is 2.02. The van der Waals surface area contributed by atoms with Crippen molar-refractivity contribution in [2.45, 2.75) is 24.8 Å². The second kappa shape index (κ2) is 5.19. The highest BCUT2D eigenvalue weighted by molar-refractivity contribution is 7.91. The van der Waals surface area contributed by atoms with Crippen LogP contribution in [0.25, 0.3) is 0 Å². The van der Waals surface area contributed by atoms with Crippen molar-refractivity contribution >= 4 is 38.7 Å². The molecular weight excluding hydrogens is 294 g/mol. The molecule has 2 atom stereocenters. The van der Waals surface area contributed by atoms with Gasteiger partial charge in [-0.05, 0) is 18.6 Å². The van der Waals surface area contributed by atoms with Crippen molar-refractivity contribution in [3.63, 3.8) is 0 Å². The fraction of sp³-hybridized carbons (Fsp3) is 0.545. The molecule has 2 rings (SSSR count). The highest BCUT2D eigenvalue weighted by Gasteiger charge is 2.37. The average Bonchev–Trinajstić information content (AvgIpc) is 2.83. The van der Waals surface area contributed by atoms with Crippen molar-refractivity contribution in [1.82, 2.24) is 5.32 Å². The molecule has 7 heteroatoms. The third-order valence-electron chi connectivity index (χ3n) is 2.83. The molecule has 0 aromatic carbocycles. The van der Waals surface area contributed by atoms with Gasteiger partial charge < -0.3 is 5.32 Å². The number of rotatable bonds is 3. The maximum Gasteiger partial charge on any atom is 0.261 e. The Bertz CT molecular complexity index is 552. The maximum absolute atomic E-state index is 11.9. The number of sulfone groups is 1. The summed E-state index contributed by atoms with van der Waals surface area (Å²) in [6.07, 6.45) is 0.883. The zero-order valence-electron chi connectivity index (χ0n) is 9.85. The number of amides is 1. The topological polar surface area (TPSA) is 63.2 Å². The van der Waals surface area contributed by atoms with E-state index < -0.39 is 21.3 Å². The van der Waals surface area contributed by atoms with Crippen LogP contribution in [0, 0.1) is 0 Å². The monoisotopic (exact) mass is 307 g/mol. The van der Waals surface area contributed by atoms with E-state index in [2.05, 4.69) is 5.32 Å². The predicted molar refractivity (Wildman–Crippen MR) is 73.2 cm³/mol. The summed E-state index contributed by atoms with van der Waals surface area (Å²) in [7, 11) is -3.12. The van der Waals surface area contributed by atoms with E-state index in [0.717, 1.165) is 11.3 Å². The van der Waals surface area contributed by atoms with E-state index in [1.807, 2.05) is 13.0 Å². The number of hydrogen-bond donors (Lipinski definition) is 1. The van der Waals surface area contributed by atoms with Crippen LogP contribution in [-0.2, 0) is 16.3 Å². The van der Waals surface area contributed by atoms with Crippen LogP contribution in [0.1, 0.15) is 21.5 Å². The molecule has 1 aromatic rings. The van der Waals surface area contributed by atoms with E-state index in [1.165, 1.54) is 11.3 Å². The first-order valence-corrected chi connectivity index (χ1v) is 8.73. The number of carbonyl (C=O) groups excluding carboxylic acids is 1. The molecule has 1 aromatic heterocycles. The van der Waals surface area contributed by atoms with Crippen LogP contribution < -0.4 is 5.32 Å². The Hall–Kier alpha value is -0.590. The van der Waals surface area contributed by atoms with Crippen LogP contribution in [0.5, 0.6) is 0 Å². The van der Waals surface area contributed by atoms with Crippen LogP contribution >= 0.6 is 22.9 Å². The summed E-state index contributed by atoms with van der Waals surface area (Å²) >= 11 is 7.36. The summed E-state index contributed by atoms with van der Waals surface area (Å²) in [5, 5.41) is 2.16. The molecule has 1 aliphatic rings. The molecule has 1 aliphatic heterocycles. The van der Waals surface area contributed by atoms with E-state index in [0.29, 0.717) is 4.88 Å². The van der Waals surface area contributed by atoms with Gasteiger partial charge in [0.05, 0.1) is 27.8 Å². The van der Waals surface area contributed by atoms with Crippen LogP contribution in [0.2, 0.25) is 0 Å². The second-order valence-corrected chi connectivity index (χ2v) is 8.18. The molecule has 2 heterocycles. The molecule has 0 bridgehead atoms. The lowest BCUT2D eigenvalue weighted by Gasteiger charge is -2.13. The van der Waals surface area contributed by atoms with Gasteiger partial charge in [0.25, 0.3) is 5.91 Å². The molecule has 0 spiro atoms. The number of alkyl halides is 1. The van der Waals surface area contributed by atoms with E-state index >= 15 is 0 Å². The van der Waals surface area contributed by atoms with Crippen LogP contribution in [0.4, 0.5) is 0 Å². The molecule has 2 unspecified atom stereocenters. The first kappa shape index (κ1) is 13.8. The molecule has 1 saturated heterocycles. The van der Waals surface area contributed by atoms with Crippen molar-refractivity contribution in [2.24, 2.45) is 0 Å². The quantitative estimate of drug-likeness (QED) is 0.860. The number of hydrogen-bond acceptors (Lipinski definition) is 4. The lowest BCUT2D eigenvalue weighted by atomic mass is 10.2. The van der Waals surface area contributed by atoms with Crippen LogP contribution in [0.15, 0.2) is 12.1 Å². The maximum atomic E-state index is 11.9. The number of aryl methyl sites for hydroxylation is 1. The smallest absolute Gasteiger partial charge is 0.261 e. The molecule has 100 valence electrons. The minimum absolute atomic E-state index is 0.0653. The van der Waals surface area contributed by atoms with Crippen molar-refractivity contribution in [1.29, 1.82) is 0 Å². The third kappa shape index (κ3) is 3.05. The van der Waals surface area contributed by atoms with E-state index in [4.69, 9.17) is 11.6 Å². The fourth-order valence-electron chi connectivity index (χ4n) is 1.87. The zero-order valence-corrected chi connectivity index (χ0v) is 12.2. The van der Waals surface area contributed by atoms with E-state index in [1.54, 1.807) is 6.07 Å². The van der Waals surface area contributed by atoms with E-state index in [-0.39, 0.29) is 17.4 Å². The highest BCUT2D eigenvalue weighted by Crippen LogP contribution is 2.20. The van der Waals surface area contributed by atoms with Gasteiger partial charge in [0.2, 0.25) is 0 Å². The average molecular weight is 308 g/mol. The molecule has 4 nitrogen and oxygen atoms in total. The minimum Gasteiger partial charge on any atom is -0.346 e. The van der Waals surface area contributed by atoms with Crippen molar-refractivity contribution in [3.05, 3.63) is 21.9 Å². The third-order valence-corrected chi connectivity index (χ3v) is 6.44. The first-order chi connectivity index (χ1) is 8.41. The number of carbonyl (C=O) groups is 1. The number of nitrogens with one attached hydrogen (secondary N) is 1.